The van der Waals surface area contributed by atoms with E-state index in [1.165, 1.54) is 16.7 Å². The average molecular weight is 482 g/mol. The molecular weight excluding hydrogens is 454 g/mol. The highest BCUT2D eigenvalue weighted by molar-refractivity contribution is 5.89. The summed E-state index contributed by atoms with van der Waals surface area (Å²) in [5.74, 6) is 1.87. The molecule has 0 amide bonds. The van der Waals surface area contributed by atoms with Gasteiger partial charge in [0.2, 0.25) is 0 Å². The Hall–Kier alpha value is -4.50. The first-order valence-corrected chi connectivity index (χ1v) is 12.8. The van der Waals surface area contributed by atoms with Crippen LogP contribution < -0.4 is 4.90 Å². The Kier molecular flexibility index (Phi) is 5.03. The normalized spacial score (nSPS) is 17.6. The van der Waals surface area contributed by atoms with Crippen LogP contribution in [0.4, 0.5) is 5.69 Å². The minimum atomic E-state index is -0.0685. The third-order valence-corrected chi connectivity index (χ3v) is 7.40. The molecule has 6 aromatic rings. The highest BCUT2D eigenvalue weighted by Crippen LogP contribution is 2.51. The summed E-state index contributed by atoms with van der Waals surface area (Å²) >= 11 is 0. The van der Waals surface area contributed by atoms with Gasteiger partial charge in [-0.15, -0.1) is 0 Å². The number of hydrogen-bond donors (Lipinski definition) is 0. The molecule has 180 valence electrons. The molecule has 1 aliphatic rings. The minimum absolute atomic E-state index is 0.0685. The number of fused-ring (bicyclic) bond motifs is 2. The molecule has 0 spiro atoms. The quantitative estimate of drug-likeness (QED) is 0.251. The van der Waals surface area contributed by atoms with Crippen LogP contribution in [0.2, 0.25) is 0 Å². The summed E-state index contributed by atoms with van der Waals surface area (Å²) in [6, 6.07) is 38.3. The number of para-hydroxylation sites is 2. The van der Waals surface area contributed by atoms with E-state index in [2.05, 4.69) is 110 Å². The van der Waals surface area contributed by atoms with E-state index in [-0.39, 0.29) is 12.0 Å². The summed E-state index contributed by atoms with van der Waals surface area (Å²) < 4.78 is 13.0. The van der Waals surface area contributed by atoms with Crippen molar-refractivity contribution in [2.75, 3.05) is 4.90 Å². The van der Waals surface area contributed by atoms with Crippen LogP contribution in [-0.4, -0.2) is 0 Å². The van der Waals surface area contributed by atoms with Crippen LogP contribution >= 0.6 is 0 Å². The zero-order valence-electron chi connectivity index (χ0n) is 20.9. The Morgan fingerprint density at radius 2 is 1.22 bits per heavy atom. The Morgan fingerprint density at radius 3 is 1.86 bits per heavy atom. The molecule has 7 rings (SSSR count). The fourth-order valence-electron chi connectivity index (χ4n) is 5.49. The molecule has 3 nitrogen and oxygen atoms in total. The highest BCUT2D eigenvalue weighted by Gasteiger charge is 2.41. The average Bonchev–Trinajstić information content (AvgIpc) is 3.64. The summed E-state index contributed by atoms with van der Waals surface area (Å²) in [6.07, 6.45) is 2.35. The molecule has 0 saturated carbocycles. The van der Waals surface area contributed by atoms with Crippen molar-refractivity contribution < 1.29 is 8.83 Å². The van der Waals surface area contributed by atoms with Crippen molar-refractivity contribution in [3.63, 3.8) is 0 Å². The highest BCUT2D eigenvalue weighted by atomic mass is 16.3. The zero-order chi connectivity index (χ0) is 24.9. The van der Waals surface area contributed by atoms with Crippen molar-refractivity contribution in [1.29, 1.82) is 0 Å². The van der Waals surface area contributed by atoms with E-state index < -0.39 is 0 Å². The first-order valence-electron chi connectivity index (χ1n) is 12.8. The van der Waals surface area contributed by atoms with E-state index in [1.807, 2.05) is 24.3 Å². The van der Waals surface area contributed by atoms with Crippen LogP contribution in [-0.2, 0) is 0 Å². The molecule has 0 aliphatic carbocycles. The Balaban J connectivity index is 1.47. The van der Waals surface area contributed by atoms with Crippen molar-refractivity contribution in [1.82, 2.24) is 0 Å². The molecular formula is C34H27NO2. The van der Waals surface area contributed by atoms with E-state index in [4.69, 9.17) is 8.83 Å². The standard InChI is InChI=1S/C34H27NO2/c1-22-11-15-24(16-12-22)28-21-29(32-19-25-7-3-5-9-30(25)36-32)35(27-17-13-23(2)14-18-27)34(28)33-20-26-8-4-6-10-31(26)37-33/h3-21,28,34H,1-2H3. The topological polar surface area (TPSA) is 29.5 Å². The predicted octanol–water partition coefficient (Wildman–Crippen LogP) is 9.18. The number of furan rings is 2. The fraction of sp³-hybridized carbons (Fsp3) is 0.118. The van der Waals surface area contributed by atoms with E-state index in [9.17, 15) is 0 Å². The van der Waals surface area contributed by atoms with Gasteiger partial charge in [-0.1, -0.05) is 83.9 Å². The lowest BCUT2D eigenvalue weighted by Crippen LogP contribution is -2.25. The van der Waals surface area contributed by atoms with Crippen molar-refractivity contribution in [3.8, 4) is 0 Å². The lowest BCUT2D eigenvalue weighted by Gasteiger charge is -2.31. The molecule has 0 saturated heterocycles. The summed E-state index contributed by atoms with van der Waals surface area (Å²) in [6.45, 7) is 4.25. The monoisotopic (exact) mass is 481 g/mol. The van der Waals surface area contributed by atoms with Crippen molar-refractivity contribution >= 4 is 33.3 Å². The molecule has 2 atom stereocenters. The van der Waals surface area contributed by atoms with E-state index >= 15 is 0 Å². The predicted molar refractivity (Wildman–Crippen MR) is 151 cm³/mol. The van der Waals surface area contributed by atoms with Crippen LogP contribution in [0.25, 0.3) is 27.6 Å². The fourth-order valence-corrected chi connectivity index (χ4v) is 5.49. The van der Waals surface area contributed by atoms with Gasteiger partial charge in [0, 0.05) is 22.4 Å². The molecule has 2 unspecified atom stereocenters. The molecule has 37 heavy (non-hydrogen) atoms. The van der Waals surface area contributed by atoms with Crippen LogP contribution in [0, 0.1) is 13.8 Å². The summed E-state index contributed by atoms with van der Waals surface area (Å²) in [4.78, 5) is 2.39. The summed E-state index contributed by atoms with van der Waals surface area (Å²) in [5.41, 5.74) is 7.68. The van der Waals surface area contributed by atoms with Gasteiger partial charge in [-0.05, 0) is 61.9 Å². The van der Waals surface area contributed by atoms with Crippen LogP contribution in [0.1, 0.15) is 40.2 Å². The molecule has 2 aromatic heterocycles. The number of anilines is 1. The lowest BCUT2D eigenvalue weighted by atomic mass is 9.90. The molecule has 1 aliphatic heterocycles. The minimum Gasteiger partial charge on any atom is -0.459 e. The van der Waals surface area contributed by atoms with Crippen LogP contribution in [0.5, 0.6) is 0 Å². The van der Waals surface area contributed by atoms with Crippen LogP contribution in [0.15, 0.2) is 124 Å². The smallest absolute Gasteiger partial charge is 0.151 e. The largest absolute Gasteiger partial charge is 0.459 e. The molecule has 0 radical (unpaired) electrons. The molecule has 0 N–H and O–H groups in total. The van der Waals surface area contributed by atoms with E-state index in [1.54, 1.807) is 0 Å². The SMILES string of the molecule is Cc1ccc(C2C=C(c3cc4ccccc4o3)N(c3ccc(C)cc3)C2c2cc3ccccc3o2)cc1. The number of aryl methyl sites for hydroxylation is 2. The lowest BCUT2D eigenvalue weighted by molar-refractivity contribution is 0.479. The zero-order valence-corrected chi connectivity index (χ0v) is 20.9. The number of benzene rings is 4. The van der Waals surface area contributed by atoms with Gasteiger partial charge in [0.1, 0.15) is 23.0 Å². The second kappa shape index (κ2) is 8.56. The van der Waals surface area contributed by atoms with Crippen LogP contribution in [0.3, 0.4) is 0 Å². The number of hydrogen-bond acceptors (Lipinski definition) is 3. The van der Waals surface area contributed by atoms with Gasteiger partial charge in [-0.2, -0.15) is 0 Å². The maximum atomic E-state index is 6.54. The second-order valence-electron chi connectivity index (χ2n) is 9.97. The third-order valence-electron chi connectivity index (χ3n) is 7.40. The molecule has 3 heterocycles. The van der Waals surface area contributed by atoms with Gasteiger partial charge < -0.3 is 13.7 Å². The number of nitrogens with zero attached hydrogens (tertiary/aromatic N) is 1. The van der Waals surface area contributed by atoms with E-state index in [0.29, 0.717) is 0 Å². The Morgan fingerprint density at radius 1 is 0.622 bits per heavy atom. The third kappa shape index (κ3) is 3.75. The maximum absolute atomic E-state index is 6.54. The van der Waals surface area contributed by atoms with Crippen molar-refractivity contribution in [3.05, 3.63) is 143 Å². The van der Waals surface area contributed by atoms with Gasteiger partial charge in [-0.25, -0.2) is 0 Å². The van der Waals surface area contributed by atoms with Gasteiger partial charge >= 0.3 is 0 Å². The van der Waals surface area contributed by atoms with Gasteiger partial charge in [0.05, 0.1) is 5.70 Å². The van der Waals surface area contributed by atoms with Gasteiger partial charge in [-0.3, -0.25) is 0 Å². The summed E-state index contributed by atoms with van der Waals surface area (Å²) in [5, 5.41) is 2.21. The Bertz CT molecular complexity index is 1690. The molecule has 3 heteroatoms. The van der Waals surface area contributed by atoms with Gasteiger partial charge in [0.15, 0.2) is 5.76 Å². The van der Waals surface area contributed by atoms with Gasteiger partial charge in [0.25, 0.3) is 0 Å². The van der Waals surface area contributed by atoms with Crippen molar-refractivity contribution in [2.45, 2.75) is 25.8 Å². The first kappa shape index (κ1) is 21.8. The first-order chi connectivity index (χ1) is 18.1. The molecule has 0 bridgehead atoms. The molecule has 0 fully saturated rings. The Labute approximate surface area is 216 Å². The van der Waals surface area contributed by atoms with Crippen molar-refractivity contribution in [2.24, 2.45) is 0 Å². The number of rotatable bonds is 4. The van der Waals surface area contributed by atoms with E-state index in [0.717, 1.165) is 44.8 Å². The second-order valence-corrected chi connectivity index (χ2v) is 9.97. The molecule has 4 aromatic carbocycles. The maximum Gasteiger partial charge on any atom is 0.151 e. The summed E-state index contributed by atoms with van der Waals surface area (Å²) in [7, 11) is 0.